The molecule has 104 valence electrons. The van der Waals surface area contributed by atoms with Gasteiger partial charge >= 0.3 is 0 Å². The Morgan fingerprint density at radius 1 is 1.05 bits per heavy atom. The number of aryl methyl sites for hydroxylation is 1. The van der Waals surface area contributed by atoms with Crippen LogP contribution >= 0.6 is 0 Å². The molecular weight excluding hydrogens is 246 g/mol. The van der Waals surface area contributed by atoms with Gasteiger partial charge in [0, 0.05) is 6.04 Å². The van der Waals surface area contributed by atoms with Crippen LogP contribution in [0.15, 0.2) is 42.5 Å². The minimum absolute atomic E-state index is 0.210. The van der Waals surface area contributed by atoms with Gasteiger partial charge in [-0.2, -0.15) is 0 Å². The van der Waals surface area contributed by atoms with Crippen molar-refractivity contribution in [3.63, 3.8) is 0 Å². The molecule has 0 heterocycles. The summed E-state index contributed by atoms with van der Waals surface area (Å²) in [7, 11) is 0. The molecule has 1 aliphatic carbocycles. The second-order valence-electron chi connectivity index (χ2n) is 5.75. The van der Waals surface area contributed by atoms with Gasteiger partial charge in [0.2, 0.25) is 0 Å². The largest absolute Gasteiger partial charge is 0.491 e. The maximum Gasteiger partial charge on any atom is 0.119 e. The van der Waals surface area contributed by atoms with Crippen molar-refractivity contribution < 1.29 is 4.74 Å². The van der Waals surface area contributed by atoms with Crippen molar-refractivity contribution in [2.75, 3.05) is 0 Å². The lowest BCUT2D eigenvalue weighted by Crippen LogP contribution is -2.05. The van der Waals surface area contributed by atoms with Crippen LogP contribution in [0, 0.1) is 0 Å². The first-order valence-corrected chi connectivity index (χ1v) is 7.29. The summed E-state index contributed by atoms with van der Waals surface area (Å²) in [6.07, 6.45) is 2.38. The van der Waals surface area contributed by atoms with E-state index in [2.05, 4.69) is 30.3 Å². The predicted octanol–water partition coefficient (Wildman–Crippen LogP) is 4.09. The highest BCUT2D eigenvalue weighted by atomic mass is 16.5. The van der Waals surface area contributed by atoms with Crippen LogP contribution in [0.3, 0.4) is 0 Å². The molecule has 1 atom stereocenters. The quantitative estimate of drug-likeness (QED) is 0.909. The predicted molar refractivity (Wildman–Crippen MR) is 82.9 cm³/mol. The van der Waals surface area contributed by atoms with E-state index >= 15 is 0 Å². The molecule has 2 aromatic rings. The Balaban J connectivity index is 1.86. The van der Waals surface area contributed by atoms with E-state index in [1.165, 1.54) is 22.3 Å². The zero-order valence-electron chi connectivity index (χ0n) is 12.1. The fraction of sp³-hybridized carbons (Fsp3) is 0.333. The minimum atomic E-state index is 0.210. The Morgan fingerprint density at radius 3 is 2.45 bits per heavy atom. The Labute approximate surface area is 120 Å². The fourth-order valence-electron chi connectivity index (χ4n) is 2.83. The maximum absolute atomic E-state index is 6.08. The van der Waals surface area contributed by atoms with Gasteiger partial charge in [-0.1, -0.05) is 30.3 Å². The molecule has 2 aromatic carbocycles. The molecule has 0 saturated heterocycles. The van der Waals surface area contributed by atoms with E-state index in [-0.39, 0.29) is 12.1 Å². The topological polar surface area (TPSA) is 35.2 Å². The van der Waals surface area contributed by atoms with Crippen LogP contribution in [-0.2, 0) is 6.42 Å². The van der Waals surface area contributed by atoms with E-state index in [1.54, 1.807) is 0 Å². The van der Waals surface area contributed by atoms with Crippen LogP contribution in [0.5, 0.6) is 5.75 Å². The summed E-state index contributed by atoms with van der Waals surface area (Å²) in [5.41, 5.74) is 11.3. The Hall–Kier alpha value is -1.80. The normalized spacial score (nSPS) is 17.3. The van der Waals surface area contributed by atoms with Crippen molar-refractivity contribution in [1.29, 1.82) is 0 Å². The van der Waals surface area contributed by atoms with Crippen molar-refractivity contribution >= 4 is 0 Å². The SMILES string of the molecule is CC(C)Oc1ccc(-c2ccc3c(c2)CCC3N)cc1. The molecule has 2 nitrogen and oxygen atoms in total. The molecule has 2 N–H and O–H groups in total. The summed E-state index contributed by atoms with van der Waals surface area (Å²) >= 11 is 0. The first-order chi connectivity index (χ1) is 9.63. The van der Waals surface area contributed by atoms with E-state index in [1.807, 2.05) is 26.0 Å². The van der Waals surface area contributed by atoms with Crippen LogP contribution < -0.4 is 10.5 Å². The molecule has 0 bridgehead atoms. The smallest absolute Gasteiger partial charge is 0.119 e. The summed E-state index contributed by atoms with van der Waals surface area (Å²) in [6, 6.07) is 15.2. The first-order valence-electron chi connectivity index (χ1n) is 7.29. The highest BCUT2D eigenvalue weighted by Gasteiger charge is 2.18. The Kier molecular flexibility index (Phi) is 3.49. The number of hydrogen-bond acceptors (Lipinski definition) is 2. The third-order valence-electron chi connectivity index (χ3n) is 3.83. The lowest BCUT2D eigenvalue weighted by atomic mass is 10.00. The van der Waals surface area contributed by atoms with E-state index in [0.29, 0.717) is 0 Å². The number of hydrogen-bond donors (Lipinski definition) is 1. The van der Waals surface area contributed by atoms with E-state index in [9.17, 15) is 0 Å². The van der Waals surface area contributed by atoms with Gasteiger partial charge in [0.25, 0.3) is 0 Å². The van der Waals surface area contributed by atoms with Crippen molar-refractivity contribution in [1.82, 2.24) is 0 Å². The van der Waals surface area contributed by atoms with Gasteiger partial charge in [-0.05, 0) is 61.1 Å². The lowest BCUT2D eigenvalue weighted by Gasteiger charge is -2.11. The average molecular weight is 267 g/mol. The zero-order valence-corrected chi connectivity index (χ0v) is 12.1. The van der Waals surface area contributed by atoms with Gasteiger partial charge in [-0.25, -0.2) is 0 Å². The molecule has 0 aliphatic heterocycles. The van der Waals surface area contributed by atoms with Crippen molar-refractivity contribution in [2.45, 2.75) is 38.8 Å². The summed E-state index contributed by atoms with van der Waals surface area (Å²) in [6.45, 7) is 4.08. The molecule has 20 heavy (non-hydrogen) atoms. The van der Waals surface area contributed by atoms with Crippen LogP contribution in [0.25, 0.3) is 11.1 Å². The van der Waals surface area contributed by atoms with Crippen LogP contribution in [0.2, 0.25) is 0 Å². The second kappa shape index (κ2) is 5.29. The minimum Gasteiger partial charge on any atom is -0.491 e. The molecule has 1 unspecified atom stereocenters. The van der Waals surface area contributed by atoms with Gasteiger partial charge in [-0.15, -0.1) is 0 Å². The third-order valence-corrected chi connectivity index (χ3v) is 3.83. The molecule has 1 aliphatic rings. The average Bonchev–Trinajstić information content (AvgIpc) is 2.80. The number of nitrogens with two attached hydrogens (primary N) is 1. The van der Waals surface area contributed by atoms with Crippen molar-refractivity contribution in [3.8, 4) is 16.9 Å². The van der Waals surface area contributed by atoms with Gasteiger partial charge < -0.3 is 10.5 Å². The van der Waals surface area contributed by atoms with Crippen LogP contribution in [-0.4, -0.2) is 6.10 Å². The summed E-state index contributed by atoms with van der Waals surface area (Å²) < 4.78 is 5.68. The Bertz CT molecular complexity index is 601. The molecule has 0 radical (unpaired) electrons. The van der Waals surface area contributed by atoms with E-state index in [4.69, 9.17) is 10.5 Å². The summed E-state index contributed by atoms with van der Waals surface area (Å²) in [5, 5.41) is 0. The first kappa shape index (κ1) is 13.2. The van der Waals surface area contributed by atoms with Crippen molar-refractivity contribution in [3.05, 3.63) is 53.6 Å². The summed E-state index contributed by atoms with van der Waals surface area (Å²) in [5.74, 6) is 0.923. The molecule has 0 fully saturated rings. The molecule has 0 amide bonds. The number of fused-ring (bicyclic) bond motifs is 1. The monoisotopic (exact) mass is 267 g/mol. The molecule has 0 saturated carbocycles. The maximum atomic E-state index is 6.08. The van der Waals surface area contributed by atoms with Gasteiger partial charge in [-0.3, -0.25) is 0 Å². The zero-order chi connectivity index (χ0) is 14.1. The van der Waals surface area contributed by atoms with E-state index in [0.717, 1.165) is 18.6 Å². The van der Waals surface area contributed by atoms with Crippen molar-refractivity contribution in [2.24, 2.45) is 5.73 Å². The van der Waals surface area contributed by atoms with E-state index < -0.39 is 0 Å². The highest BCUT2D eigenvalue weighted by Crippen LogP contribution is 2.33. The van der Waals surface area contributed by atoms with Crippen LogP contribution in [0.1, 0.15) is 37.4 Å². The molecule has 0 aromatic heterocycles. The second-order valence-corrected chi connectivity index (χ2v) is 5.75. The van der Waals surface area contributed by atoms with Gasteiger partial charge in [0.05, 0.1) is 6.10 Å². The molecule has 2 heteroatoms. The number of benzene rings is 2. The standard InChI is InChI=1S/C18H21NO/c1-12(2)20-16-7-3-13(4-8-16)14-5-9-17-15(11-14)6-10-18(17)19/h3-5,7-9,11-12,18H,6,10,19H2,1-2H3. The lowest BCUT2D eigenvalue weighted by molar-refractivity contribution is 0.242. The third kappa shape index (κ3) is 2.56. The Morgan fingerprint density at radius 2 is 1.75 bits per heavy atom. The molecule has 3 rings (SSSR count). The number of ether oxygens (including phenoxy) is 1. The fourth-order valence-corrected chi connectivity index (χ4v) is 2.83. The molecular formula is C18H21NO. The molecule has 0 spiro atoms. The van der Waals surface area contributed by atoms with Gasteiger partial charge in [0.1, 0.15) is 5.75 Å². The van der Waals surface area contributed by atoms with Crippen LogP contribution in [0.4, 0.5) is 0 Å². The summed E-state index contributed by atoms with van der Waals surface area (Å²) in [4.78, 5) is 0. The highest BCUT2D eigenvalue weighted by molar-refractivity contribution is 5.66. The van der Waals surface area contributed by atoms with Gasteiger partial charge in [0.15, 0.2) is 0 Å². The number of rotatable bonds is 3.